The molecule has 0 aliphatic carbocycles. The van der Waals surface area contributed by atoms with Gasteiger partial charge in [-0.25, -0.2) is 4.98 Å². The van der Waals surface area contributed by atoms with E-state index in [0.29, 0.717) is 12.0 Å². The van der Waals surface area contributed by atoms with Crippen LogP contribution < -0.4 is 11.1 Å². The lowest BCUT2D eigenvalue weighted by molar-refractivity contribution is 0.498. The molecule has 0 bridgehead atoms. The standard InChI is InChI=1S/C11H21N3S/c1-4-9-7-15-11(13-9)14-10(5-6-12)8(2)3/h7-8,10H,4-6,12H2,1-3H3,(H,13,14). The van der Waals surface area contributed by atoms with E-state index in [4.69, 9.17) is 5.73 Å². The minimum Gasteiger partial charge on any atom is -0.358 e. The number of aryl methyl sites for hydroxylation is 1. The van der Waals surface area contributed by atoms with Crippen molar-refractivity contribution < 1.29 is 0 Å². The van der Waals surface area contributed by atoms with E-state index in [-0.39, 0.29) is 0 Å². The highest BCUT2D eigenvalue weighted by molar-refractivity contribution is 7.13. The Bertz CT molecular complexity index is 283. The monoisotopic (exact) mass is 227 g/mol. The minimum absolute atomic E-state index is 0.436. The fourth-order valence-corrected chi connectivity index (χ4v) is 2.30. The molecule has 0 saturated carbocycles. The van der Waals surface area contributed by atoms with Crippen LogP contribution in [0, 0.1) is 5.92 Å². The van der Waals surface area contributed by atoms with E-state index in [1.807, 2.05) is 0 Å². The number of anilines is 1. The Morgan fingerprint density at radius 2 is 2.27 bits per heavy atom. The van der Waals surface area contributed by atoms with Crippen molar-refractivity contribution in [3.05, 3.63) is 11.1 Å². The molecule has 15 heavy (non-hydrogen) atoms. The predicted molar refractivity (Wildman–Crippen MR) is 67.4 cm³/mol. The van der Waals surface area contributed by atoms with Crippen LogP contribution in [0.3, 0.4) is 0 Å². The van der Waals surface area contributed by atoms with Gasteiger partial charge in [0.1, 0.15) is 0 Å². The number of nitrogens with zero attached hydrogens (tertiary/aromatic N) is 1. The topological polar surface area (TPSA) is 50.9 Å². The molecule has 3 N–H and O–H groups in total. The largest absolute Gasteiger partial charge is 0.358 e. The highest BCUT2D eigenvalue weighted by Gasteiger charge is 2.13. The van der Waals surface area contributed by atoms with Gasteiger partial charge in [-0.3, -0.25) is 0 Å². The zero-order chi connectivity index (χ0) is 11.3. The van der Waals surface area contributed by atoms with Gasteiger partial charge in [0.15, 0.2) is 5.13 Å². The number of nitrogens with two attached hydrogens (primary N) is 1. The Labute approximate surface area is 96.1 Å². The molecule has 0 spiro atoms. The lowest BCUT2D eigenvalue weighted by Crippen LogP contribution is -2.28. The van der Waals surface area contributed by atoms with Crippen molar-refractivity contribution in [2.75, 3.05) is 11.9 Å². The van der Waals surface area contributed by atoms with Gasteiger partial charge in [0.05, 0.1) is 5.69 Å². The second kappa shape index (κ2) is 6.08. The van der Waals surface area contributed by atoms with Crippen molar-refractivity contribution in [3.63, 3.8) is 0 Å². The maximum Gasteiger partial charge on any atom is 0.183 e. The van der Waals surface area contributed by atoms with E-state index in [1.54, 1.807) is 11.3 Å². The van der Waals surface area contributed by atoms with E-state index in [1.165, 1.54) is 0 Å². The van der Waals surface area contributed by atoms with Crippen molar-refractivity contribution in [2.45, 2.75) is 39.7 Å². The van der Waals surface area contributed by atoms with Crippen LogP contribution in [0.5, 0.6) is 0 Å². The molecule has 1 unspecified atom stereocenters. The number of hydrogen-bond donors (Lipinski definition) is 2. The van der Waals surface area contributed by atoms with Gasteiger partial charge in [-0.1, -0.05) is 20.8 Å². The van der Waals surface area contributed by atoms with Crippen molar-refractivity contribution in [3.8, 4) is 0 Å². The number of rotatable bonds is 6. The fraction of sp³-hybridized carbons (Fsp3) is 0.727. The van der Waals surface area contributed by atoms with E-state index in [2.05, 4.69) is 36.5 Å². The number of aromatic nitrogens is 1. The third-order valence-corrected chi connectivity index (χ3v) is 3.33. The van der Waals surface area contributed by atoms with Gasteiger partial charge < -0.3 is 11.1 Å². The molecule has 86 valence electrons. The summed E-state index contributed by atoms with van der Waals surface area (Å²) in [6, 6.07) is 0.436. The normalized spacial score (nSPS) is 13.1. The first-order valence-electron chi connectivity index (χ1n) is 5.58. The lowest BCUT2D eigenvalue weighted by Gasteiger charge is -2.21. The summed E-state index contributed by atoms with van der Waals surface area (Å²) in [6.07, 6.45) is 2.00. The van der Waals surface area contributed by atoms with Crippen LogP contribution in [0.25, 0.3) is 0 Å². The highest BCUT2D eigenvalue weighted by atomic mass is 32.1. The van der Waals surface area contributed by atoms with Crippen LogP contribution in [0.2, 0.25) is 0 Å². The van der Waals surface area contributed by atoms with E-state index >= 15 is 0 Å². The summed E-state index contributed by atoms with van der Waals surface area (Å²) in [5.74, 6) is 0.586. The van der Waals surface area contributed by atoms with Crippen LogP contribution in [0.15, 0.2) is 5.38 Å². The predicted octanol–water partition coefficient (Wildman–Crippen LogP) is 2.49. The molecule has 3 nitrogen and oxygen atoms in total. The first kappa shape index (κ1) is 12.5. The Hall–Kier alpha value is -0.610. The van der Waals surface area contributed by atoms with Gasteiger partial charge in [-0.05, 0) is 25.3 Å². The van der Waals surface area contributed by atoms with E-state index in [0.717, 1.165) is 30.2 Å². The number of thiazole rings is 1. The van der Waals surface area contributed by atoms with Crippen LogP contribution >= 0.6 is 11.3 Å². The van der Waals surface area contributed by atoms with Crippen LogP contribution in [0.1, 0.15) is 32.9 Å². The maximum absolute atomic E-state index is 5.60. The van der Waals surface area contributed by atoms with Crippen molar-refractivity contribution in [2.24, 2.45) is 11.7 Å². The summed E-state index contributed by atoms with van der Waals surface area (Å²) < 4.78 is 0. The Morgan fingerprint density at radius 3 is 2.73 bits per heavy atom. The zero-order valence-electron chi connectivity index (χ0n) is 9.79. The molecule has 1 heterocycles. The molecule has 0 aliphatic heterocycles. The van der Waals surface area contributed by atoms with Crippen LogP contribution in [0.4, 0.5) is 5.13 Å². The minimum atomic E-state index is 0.436. The van der Waals surface area contributed by atoms with Crippen molar-refractivity contribution in [1.82, 2.24) is 4.98 Å². The Kier molecular flexibility index (Phi) is 5.05. The smallest absolute Gasteiger partial charge is 0.183 e. The molecule has 0 saturated heterocycles. The van der Waals surface area contributed by atoms with E-state index in [9.17, 15) is 0 Å². The van der Waals surface area contributed by atoms with Gasteiger partial charge in [0.2, 0.25) is 0 Å². The maximum atomic E-state index is 5.60. The summed E-state index contributed by atoms with van der Waals surface area (Å²) in [5, 5.41) is 6.60. The summed E-state index contributed by atoms with van der Waals surface area (Å²) in [6.45, 7) is 7.27. The molecule has 1 atom stereocenters. The highest BCUT2D eigenvalue weighted by Crippen LogP contribution is 2.19. The molecule has 1 aromatic heterocycles. The third kappa shape index (κ3) is 3.80. The molecule has 1 aromatic rings. The molecule has 0 fully saturated rings. The summed E-state index contributed by atoms with van der Waals surface area (Å²) >= 11 is 1.68. The van der Waals surface area contributed by atoms with Crippen LogP contribution in [-0.2, 0) is 6.42 Å². The average Bonchev–Trinajstić information content (AvgIpc) is 2.65. The van der Waals surface area contributed by atoms with Gasteiger partial charge in [0, 0.05) is 11.4 Å². The SMILES string of the molecule is CCc1csc(NC(CCN)C(C)C)n1. The summed E-state index contributed by atoms with van der Waals surface area (Å²) in [5.41, 5.74) is 6.76. The van der Waals surface area contributed by atoms with Crippen molar-refractivity contribution in [1.29, 1.82) is 0 Å². The lowest BCUT2D eigenvalue weighted by atomic mass is 10.0. The first-order chi connectivity index (χ1) is 7.17. The van der Waals surface area contributed by atoms with E-state index < -0.39 is 0 Å². The molecule has 0 radical (unpaired) electrons. The first-order valence-corrected chi connectivity index (χ1v) is 6.46. The molecule has 0 amide bonds. The van der Waals surface area contributed by atoms with Gasteiger partial charge in [-0.2, -0.15) is 0 Å². The second-order valence-electron chi connectivity index (χ2n) is 4.07. The summed E-state index contributed by atoms with van der Waals surface area (Å²) in [7, 11) is 0. The van der Waals surface area contributed by atoms with Crippen LogP contribution in [-0.4, -0.2) is 17.6 Å². The fourth-order valence-electron chi connectivity index (χ4n) is 1.45. The zero-order valence-corrected chi connectivity index (χ0v) is 10.6. The Balaban J connectivity index is 2.57. The van der Waals surface area contributed by atoms with Gasteiger partial charge in [-0.15, -0.1) is 11.3 Å². The number of hydrogen-bond acceptors (Lipinski definition) is 4. The molecule has 4 heteroatoms. The summed E-state index contributed by atoms with van der Waals surface area (Å²) in [4.78, 5) is 4.50. The molecule has 1 rings (SSSR count). The second-order valence-corrected chi connectivity index (χ2v) is 4.93. The average molecular weight is 227 g/mol. The molecule has 0 aliphatic rings. The van der Waals surface area contributed by atoms with Gasteiger partial charge in [0.25, 0.3) is 0 Å². The third-order valence-electron chi connectivity index (χ3n) is 2.51. The molecule has 0 aromatic carbocycles. The Morgan fingerprint density at radius 1 is 1.53 bits per heavy atom. The van der Waals surface area contributed by atoms with Gasteiger partial charge >= 0.3 is 0 Å². The van der Waals surface area contributed by atoms with Crippen molar-refractivity contribution >= 4 is 16.5 Å². The molecular formula is C11H21N3S. The quantitative estimate of drug-likeness (QED) is 0.785. The number of nitrogens with one attached hydrogen (secondary N) is 1. The molecular weight excluding hydrogens is 206 g/mol.